The van der Waals surface area contributed by atoms with E-state index in [1.165, 1.54) is 0 Å². The zero-order valence-electron chi connectivity index (χ0n) is 9.87. The SMILES string of the molecule is O=CC(O)C(O)C(O)C(O)CO.O=[Se]([O-])[O-].[Na+].[Na+]. The molecule has 4 atom stereocenters. The normalized spacial score (nSPS) is 16.0. The van der Waals surface area contributed by atoms with Gasteiger partial charge in [-0.05, 0) is 0 Å². The van der Waals surface area contributed by atoms with E-state index in [4.69, 9.17) is 37.7 Å². The Morgan fingerprint density at radius 1 is 1.06 bits per heavy atom. The van der Waals surface area contributed by atoms with Crippen molar-refractivity contribution >= 4 is 20.8 Å². The van der Waals surface area contributed by atoms with Crippen LogP contribution in [0.15, 0.2) is 0 Å². The van der Waals surface area contributed by atoms with Crippen molar-refractivity contribution in [3.8, 4) is 0 Å². The molecule has 98 valence electrons. The maximum absolute atomic E-state index is 9.90. The molecule has 0 spiro atoms. The van der Waals surface area contributed by atoms with Crippen LogP contribution in [0.2, 0.25) is 0 Å². The van der Waals surface area contributed by atoms with Crippen LogP contribution >= 0.6 is 0 Å². The topological polar surface area (TPSA) is 181 Å². The third-order valence-electron chi connectivity index (χ3n) is 1.42. The van der Waals surface area contributed by atoms with Gasteiger partial charge in [0.2, 0.25) is 0 Å². The minimum atomic E-state index is -3.79. The number of aldehydes is 1. The van der Waals surface area contributed by atoms with Gasteiger partial charge in [0.05, 0.1) is 6.61 Å². The zero-order valence-corrected chi connectivity index (χ0v) is 15.6. The molecule has 9 nitrogen and oxygen atoms in total. The van der Waals surface area contributed by atoms with Gasteiger partial charge in [-0.3, -0.25) is 0 Å². The van der Waals surface area contributed by atoms with Gasteiger partial charge < -0.3 is 30.3 Å². The van der Waals surface area contributed by atoms with Crippen LogP contribution in [-0.2, 0) is 8.63 Å². The van der Waals surface area contributed by atoms with Crippen molar-refractivity contribution in [3.63, 3.8) is 0 Å². The first-order valence-electron chi connectivity index (χ1n) is 3.83. The molecule has 0 aromatic rings. The van der Waals surface area contributed by atoms with Gasteiger partial charge in [0.15, 0.2) is 6.29 Å². The van der Waals surface area contributed by atoms with E-state index in [1.54, 1.807) is 0 Å². The number of carbonyl (C=O) groups excluding carboxylic acids is 1. The fraction of sp³-hybridized carbons (Fsp3) is 0.833. The standard InChI is InChI=1S/C6H12O6.2Na.H2O3Se/c7-1-3(9)5(11)6(12)4(10)2-8;;;1-4(2)3/h1,3-6,8-12H,2H2;;;(H2,1,2,3)/q;2*+1;/p-2. The Bertz CT molecular complexity index is 215. The number of hydrogen-bond donors (Lipinski definition) is 5. The molecular formula is C6H12Na2O9Se. The monoisotopic (exact) mass is 354 g/mol. The van der Waals surface area contributed by atoms with Gasteiger partial charge >= 0.3 is 85.8 Å². The van der Waals surface area contributed by atoms with Crippen LogP contribution in [0.25, 0.3) is 0 Å². The summed E-state index contributed by atoms with van der Waals surface area (Å²) in [6, 6.07) is 0. The van der Waals surface area contributed by atoms with Gasteiger partial charge in [-0.2, -0.15) is 0 Å². The summed E-state index contributed by atoms with van der Waals surface area (Å²) in [6.45, 7) is -0.760. The predicted octanol–water partition coefficient (Wildman–Crippen LogP) is -12.2. The fourth-order valence-electron chi connectivity index (χ4n) is 0.618. The first-order chi connectivity index (χ1) is 7.27. The molecule has 0 aromatic heterocycles. The van der Waals surface area contributed by atoms with Crippen LogP contribution in [0.4, 0.5) is 0 Å². The summed E-state index contributed by atoms with van der Waals surface area (Å²) in [6.07, 6.45) is -6.84. The molecule has 0 bridgehead atoms. The molecule has 0 saturated carbocycles. The van der Waals surface area contributed by atoms with Gasteiger partial charge in [0.1, 0.15) is 24.4 Å². The molecule has 18 heavy (non-hydrogen) atoms. The van der Waals surface area contributed by atoms with E-state index in [2.05, 4.69) is 0 Å². The number of carbonyl (C=O) groups is 1. The number of aliphatic hydroxyl groups excluding tert-OH is 5. The Morgan fingerprint density at radius 3 is 1.61 bits per heavy atom. The average Bonchev–Trinajstić information content (AvgIpc) is 2.24. The molecule has 0 aliphatic carbocycles. The second-order valence-corrected chi connectivity index (χ2v) is 3.42. The first kappa shape index (κ1) is 28.0. The van der Waals surface area contributed by atoms with Crippen molar-refractivity contribution in [2.45, 2.75) is 24.4 Å². The smallest absolute Gasteiger partial charge is 1.00 e. The molecule has 0 rings (SSSR count). The van der Waals surface area contributed by atoms with Gasteiger partial charge in [-0.15, -0.1) is 0 Å². The molecule has 0 aliphatic heterocycles. The number of hydrogen-bond acceptors (Lipinski definition) is 9. The van der Waals surface area contributed by atoms with E-state index in [9.17, 15) is 4.79 Å². The third-order valence-corrected chi connectivity index (χ3v) is 1.42. The quantitative estimate of drug-likeness (QED) is 0.237. The summed E-state index contributed by atoms with van der Waals surface area (Å²) in [5.74, 6) is 0. The molecule has 0 fully saturated rings. The fourth-order valence-corrected chi connectivity index (χ4v) is 0.618. The third kappa shape index (κ3) is 15.8. The summed E-state index contributed by atoms with van der Waals surface area (Å²) < 4.78 is 25.6. The molecule has 0 aromatic carbocycles. The van der Waals surface area contributed by atoms with E-state index in [0.29, 0.717) is 0 Å². The van der Waals surface area contributed by atoms with E-state index >= 15 is 0 Å². The molecular weight excluding hydrogens is 341 g/mol. The van der Waals surface area contributed by atoms with Gasteiger partial charge in [0, 0.05) is 0 Å². The molecule has 0 aliphatic rings. The minimum Gasteiger partial charge on any atom is 1.00 e. The Kier molecular flexibility index (Phi) is 26.0. The molecule has 0 amide bonds. The summed E-state index contributed by atoms with van der Waals surface area (Å²) in [5, 5.41) is 43.5. The van der Waals surface area contributed by atoms with Crippen molar-refractivity contribution in [2.24, 2.45) is 0 Å². The van der Waals surface area contributed by atoms with Crippen LogP contribution in [0.5, 0.6) is 0 Å². The van der Waals surface area contributed by atoms with Crippen molar-refractivity contribution < 1.29 is 102 Å². The Balaban J connectivity index is -0.000000143. The summed E-state index contributed by atoms with van der Waals surface area (Å²) in [7, 11) is 0. The van der Waals surface area contributed by atoms with Crippen LogP contribution in [0.3, 0.4) is 0 Å². The van der Waals surface area contributed by atoms with Crippen LogP contribution in [0, 0.1) is 0 Å². The number of rotatable bonds is 5. The molecule has 5 N–H and O–H groups in total. The summed E-state index contributed by atoms with van der Waals surface area (Å²) in [4.78, 5) is 9.90. The van der Waals surface area contributed by atoms with Gasteiger partial charge in [-0.25, -0.2) is 0 Å². The van der Waals surface area contributed by atoms with Crippen LogP contribution in [-0.4, -0.2) is 77.3 Å². The molecule has 0 radical (unpaired) electrons. The van der Waals surface area contributed by atoms with Crippen molar-refractivity contribution in [2.75, 3.05) is 6.61 Å². The predicted molar refractivity (Wildman–Crippen MR) is 43.6 cm³/mol. The largest absolute Gasteiger partial charge is 1.00 e. The van der Waals surface area contributed by atoms with Gasteiger partial charge in [-0.1, -0.05) is 0 Å². The molecule has 4 unspecified atom stereocenters. The Labute approximate surface area is 152 Å². The van der Waals surface area contributed by atoms with E-state index in [-0.39, 0.29) is 65.4 Å². The Morgan fingerprint density at radius 2 is 1.39 bits per heavy atom. The molecule has 0 saturated heterocycles. The molecule has 12 heteroatoms. The van der Waals surface area contributed by atoms with Gasteiger partial charge in [0.25, 0.3) is 0 Å². The summed E-state index contributed by atoms with van der Waals surface area (Å²) >= 11 is -3.79. The van der Waals surface area contributed by atoms with Crippen LogP contribution < -0.4 is 67.5 Å². The second kappa shape index (κ2) is 16.8. The first-order valence-corrected chi connectivity index (χ1v) is 5.92. The maximum atomic E-state index is 9.90. The molecule has 0 heterocycles. The van der Waals surface area contributed by atoms with Crippen molar-refractivity contribution in [3.05, 3.63) is 0 Å². The second-order valence-electron chi connectivity index (χ2n) is 2.56. The van der Waals surface area contributed by atoms with E-state index < -0.39 is 45.5 Å². The van der Waals surface area contributed by atoms with E-state index in [1.807, 2.05) is 0 Å². The zero-order chi connectivity index (χ0) is 13.3. The van der Waals surface area contributed by atoms with E-state index in [0.717, 1.165) is 0 Å². The average molecular weight is 353 g/mol. The summed E-state index contributed by atoms with van der Waals surface area (Å²) in [5.41, 5.74) is 0. The number of aliphatic hydroxyl groups is 5. The minimum absolute atomic E-state index is 0. The maximum Gasteiger partial charge on any atom is 1.00 e. The van der Waals surface area contributed by atoms with Crippen LogP contribution in [0.1, 0.15) is 0 Å². The van der Waals surface area contributed by atoms with Crippen molar-refractivity contribution in [1.29, 1.82) is 0 Å². The Hall–Kier alpha value is 1.71. The van der Waals surface area contributed by atoms with Crippen molar-refractivity contribution in [1.82, 2.24) is 0 Å².